The third-order valence-corrected chi connectivity index (χ3v) is 5.84. The van der Waals surface area contributed by atoms with E-state index in [0.717, 1.165) is 10.5 Å². The molecule has 180 valence electrons. The molecule has 8 nitrogen and oxygen atoms in total. The molecule has 1 aliphatic heterocycles. The van der Waals surface area contributed by atoms with Crippen LogP contribution in [-0.4, -0.2) is 28.7 Å². The van der Waals surface area contributed by atoms with E-state index in [-0.39, 0.29) is 56.5 Å². The van der Waals surface area contributed by atoms with E-state index in [9.17, 15) is 19.2 Å². The molecule has 8 heteroatoms. The predicted octanol–water partition coefficient (Wildman–Crippen LogP) is 5.12. The summed E-state index contributed by atoms with van der Waals surface area (Å²) >= 11 is 0. The van der Waals surface area contributed by atoms with E-state index in [0.29, 0.717) is 5.75 Å². The molecule has 0 aliphatic carbocycles. The van der Waals surface area contributed by atoms with Gasteiger partial charge in [0.2, 0.25) is 11.2 Å². The van der Waals surface area contributed by atoms with E-state index in [2.05, 4.69) is 0 Å². The van der Waals surface area contributed by atoms with Crippen LogP contribution in [0.5, 0.6) is 17.2 Å². The SMILES string of the molecule is Cc1ccc(Oc2coc3cc(OC(=O)c4ccc5c(c4)C(=O)N(C(C)C)C5=O)ccc3c2=O)cc1. The van der Waals surface area contributed by atoms with E-state index in [1.54, 1.807) is 26.0 Å². The van der Waals surface area contributed by atoms with Crippen molar-refractivity contribution in [2.45, 2.75) is 26.8 Å². The Kier molecular flexibility index (Phi) is 5.64. The summed E-state index contributed by atoms with van der Waals surface area (Å²) in [4.78, 5) is 51.8. The number of rotatable bonds is 5. The molecule has 0 fully saturated rings. The predicted molar refractivity (Wildman–Crippen MR) is 131 cm³/mol. The normalized spacial score (nSPS) is 12.8. The van der Waals surface area contributed by atoms with Crippen molar-refractivity contribution in [2.75, 3.05) is 0 Å². The lowest BCUT2D eigenvalue weighted by molar-refractivity contribution is 0.0608. The third-order valence-electron chi connectivity index (χ3n) is 5.84. The van der Waals surface area contributed by atoms with Gasteiger partial charge in [0.25, 0.3) is 11.8 Å². The smallest absolute Gasteiger partial charge is 0.343 e. The van der Waals surface area contributed by atoms with Gasteiger partial charge in [-0.05, 0) is 63.2 Å². The average molecular weight is 483 g/mol. The van der Waals surface area contributed by atoms with Gasteiger partial charge in [-0.15, -0.1) is 0 Å². The van der Waals surface area contributed by atoms with Gasteiger partial charge in [0, 0.05) is 12.1 Å². The zero-order valence-electron chi connectivity index (χ0n) is 19.7. The van der Waals surface area contributed by atoms with Crippen LogP contribution in [0.3, 0.4) is 0 Å². The van der Waals surface area contributed by atoms with Gasteiger partial charge in [0.15, 0.2) is 0 Å². The highest BCUT2D eigenvalue weighted by Crippen LogP contribution is 2.28. The highest BCUT2D eigenvalue weighted by atomic mass is 16.5. The summed E-state index contributed by atoms with van der Waals surface area (Å²) in [5.74, 6) is -0.875. The fourth-order valence-corrected chi connectivity index (χ4v) is 3.98. The van der Waals surface area contributed by atoms with Crippen LogP contribution in [0, 0.1) is 6.92 Å². The van der Waals surface area contributed by atoms with Crippen LogP contribution in [-0.2, 0) is 0 Å². The van der Waals surface area contributed by atoms with Gasteiger partial charge in [-0.3, -0.25) is 19.3 Å². The van der Waals surface area contributed by atoms with Gasteiger partial charge in [-0.25, -0.2) is 4.79 Å². The summed E-state index contributed by atoms with van der Waals surface area (Å²) in [5.41, 5.74) is 1.43. The monoisotopic (exact) mass is 483 g/mol. The maximum atomic E-state index is 12.8. The molecule has 0 N–H and O–H groups in total. The van der Waals surface area contributed by atoms with Crippen LogP contribution in [0.15, 0.2) is 76.1 Å². The van der Waals surface area contributed by atoms with Crippen molar-refractivity contribution < 1.29 is 28.3 Å². The summed E-state index contributed by atoms with van der Waals surface area (Å²) in [6, 6.07) is 15.6. The Hall–Kier alpha value is -4.72. The van der Waals surface area contributed by atoms with E-state index in [1.807, 2.05) is 19.1 Å². The molecular weight excluding hydrogens is 462 g/mol. The zero-order chi connectivity index (χ0) is 25.6. The molecule has 2 amide bonds. The van der Waals surface area contributed by atoms with Gasteiger partial charge in [-0.1, -0.05) is 17.7 Å². The number of aryl methyl sites for hydroxylation is 1. The van der Waals surface area contributed by atoms with Crippen molar-refractivity contribution >= 4 is 28.8 Å². The molecule has 0 bridgehead atoms. The minimum atomic E-state index is -0.720. The average Bonchev–Trinajstić information content (AvgIpc) is 3.11. The van der Waals surface area contributed by atoms with Gasteiger partial charge < -0.3 is 13.9 Å². The number of hydrogen-bond acceptors (Lipinski definition) is 7. The first-order valence-electron chi connectivity index (χ1n) is 11.3. The Morgan fingerprint density at radius 2 is 1.56 bits per heavy atom. The molecule has 0 unspecified atom stereocenters. The molecule has 5 rings (SSSR count). The Morgan fingerprint density at radius 1 is 0.861 bits per heavy atom. The lowest BCUT2D eigenvalue weighted by Gasteiger charge is -2.17. The molecule has 1 aliphatic rings. The van der Waals surface area contributed by atoms with Crippen molar-refractivity contribution in [1.82, 2.24) is 4.90 Å². The number of fused-ring (bicyclic) bond motifs is 2. The molecule has 3 aromatic carbocycles. The number of carbonyl (C=O) groups excluding carboxylic acids is 3. The Bertz CT molecular complexity index is 1600. The standard InChI is InChI=1S/C28H21NO7/c1-15(2)29-26(31)20-10-6-17(12-22(20)27(29)32)28(33)36-19-9-11-21-23(13-19)34-14-24(25(21)30)35-18-7-4-16(3)5-8-18/h4-15H,1-3H3. The molecule has 0 atom stereocenters. The van der Waals surface area contributed by atoms with Crippen molar-refractivity contribution in [3.05, 3.63) is 99.4 Å². The number of imide groups is 1. The fraction of sp³-hybridized carbons (Fsp3) is 0.143. The Morgan fingerprint density at radius 3 is 2.28 bits per heavy atom. The number of ether oxygens (including phenoxy) is 2. The number of carbonyl (C=O) groups is 3. The lowest BCUT2D eigenvalue weighted by atomic mass is 10.1. The molecule has 0 saturated carbocycles. The van der Waals surface area contributed by atoms with Crippen LogP contribution in [0.1, 0.15) is 50.5 Å². The fourth-order valence-electron chi connectivity index (χ4n) is 3.98. The topological polar surface area (TPSA) is 103 Å². The number of hydrogen-bond donors (Lipinski definition) is 0. The number of esters is 1. The second kappa shape index (κ2) is 8.81. The van der Waals surface area contributed by atoms with E-state index < -0.39 is 11.9 Å². The van der Waals surface area contributed by atoms with E-state index in [1.165, 1.54) is 42.7 Å². The summed E-state index contributed by atoms with van der Waals surface area (Å²) < 4.78 is 16.7. The lowest BCUT2D eigenvalue weighted by Crippen LogP contribution is -2.35. The molecule has 2 heterocycles. The number of amides is 2. The second-order valence-corrected chi connectivity index (χ2v) is 8.73. The molecule has 0 spiro atoms. The van der Waals surface area contributed by atoms with E-state index >= 15 is 0 Å². The molecule has 1 aromatic heterocycles. The van der Waals surface area contributed by atoms with Gasteiger partial charge in [-0.2, -0.15) is 0 Å². The molecular formula is C28H21NO7. The van der Waals surface area contributed by atoms with Gasteiger partial charge in [0.05, 0.1) is 22.1 Å². The van der Waals surface area contributed by atoms with Gasteiger partial charge >= 0.3 is 5.97 Å². The number of benzene rings is 3. The minimum Gasteiger partial charge on any atom is -0.460 e. The highest BCUT2D eigenvalue weighted by Gasteiger charge is 2.37. The van der Waals surface area contributed by atoms with Crippen LogP contribution in [0.25, 0.3) is 11.0 Å². The molecule has 4 aromatic rings. The first kappa shape index (κ1) is 23.0. The second-order valence-electron chi connectivity index (χ2n) is 8.73. The summed E-state index contributed by atoms with van der Waals surface area (Å²) in [6.45, 7) is 5.43. The Balaban J connectivity index is 1.37. The van der Waals surface area contributed by atoms with Crippen LogP contribution in [0.4, 0.5) is 0 Å². The summed E-state index contributed by atoms with van der Waals surface area (Å²) in [5, 5.41) is 0.259. The first-order valence-corrected chi connectivity index (χ1v) is 11.3. The van der Waals surface area contributed by atoms with Crippen molar-refractivity contribution in [3.63, 3.8) is 0 Å². The van der Waals surface area contributed by atoms with Crippen LogP contribution >= 0.6 is 0 Å². The summed E-state index contributed by atoms with van der Waals surface area (Å²) in [6.07, 6.45) is 1.21. The minimum absolute atomic E-state index is 0.0314. The maximum Gasteiger partial charge on any atom is 0.343 e. The van der Waals surface area contributed by atoms with Crippen LogP contribution in [0.2, 0.25) is 0 Å². The van der Waals surface area contributed by atoms with Crippen molar-refractivity contribution in [1.29, 1.82) is 0 Å². The van der Waals surface area contributed by atoms with Gasteiger partial charge in [0.1, 0.15) is 23.3 Å². The first-order chi connectivity index (χ1) is 17.2. The Labute approximate surface area is 205 Å². The highest BCUT2D eigenvalue weighted by molar-refractivity contribution is 6.22. The summed E-state index contributed by atoms with van der Waals surface area (Å²) in [7, 11) is 0. The molecule has 0 saturated heterocycles. The largest absolute Gasteiger partial charge is 0.460 e. The quantitative estimate of drug-likeness (QED) is 0.221. The van der Waals surface area contributed by atoms with Crippen molar-refractivity contribution in [2.24, 2.45) is 0 Å². The third kappa shape index (κ3) is 4.02. The molecule has 36 heavy (non-hydrogen) atoms. The van der Waals surface area contributed by atoms with E-state index in [4.69, 9.17) is 13.9 Å². The molecule has 0 radical (unpaired) electrons. The number of nitrogens with zero attached hydrogens (tertiary/aromatic N) is 1. The maximum absolute atomic E-state index is 12.8. The van der Waals surface area contributed by atoms with Crippen LogP contribution < -0.4 is 14.9 Å². The van der Waals surface area contributed by atoms with Crippen molar-refractivity contribution in [3.8, 4) is 17.2 Å². The zero-order valence-corrected chi connectivity index (χ0v) is 19.7.